The van der Waals surface area contributed by atoms with Gasteiger partial charge in [-0.25, -0.2) is 0 Å². The Labute approximate surface area is 126 Å². The molecule has 0 aliphatic carbocycles. The third-order valence-electron chi connectivity index (χ3n) is 3.28. The molecule has 2 aromatic carbocycles. The monoisotopic (exact) mass is 307 g/mol. The molecule has 2 N–H and O–H groups in total. The molecule has 0 unspecified atom stereocenters. The quantitative estimate of drug-likeness (QED) is 0.677. The van der Waals surface area contributed by atoms with Crippen molar-refractivity contribution in [1.82, 2.24) is 0 Å². The molecule has 1 heterocycles. The third kappa shape index (κ3) is 2.29. The molecule has 0 bridgehead atoms. The molecule has 5 heteroatoms. The van der Waals surface area contributed by atoms with E-state index in [0.717, 1.165) is 11.1 Å². The number of ether oxygens (including phenoxy) is 1. The minimum absolute atomic E-state index is 0.195. The standard InChI is InChI=1S/C15H11Cl2NO2/c16-13-5-11(18)4-12(14(13)17)15(19)8-1-2-9-6-20-7-10(9)3-8/h1-5H,6-7,18H2. The highest BCUT2D eigenvalue weighted by molar-refractivity contribution is 6.44. The van der Waals surface area contributed by atoms with E-state index in [1.54, 1.807) is 12.1 Å². The molecule has 0 saturated carbocycles. The van der Waals surface area contributed by atoms with E-state index >= 15 is 0 Å². The number of benzene rings is 2. The maximum atomic E-state index is 12.5. The van der Waals surface area contributed by atoms with Gasteiger partial charge in [0, 0.05) is 16.8 Å². The van der Waals surface area contributed by atoms with Gasteiger partial charge in [0.25, 0.3) is 0 Å². The molecule has 0 fully saturated rings. The smallest absolute Gasteiger partial charge is 0.194 e. The van der Waals surface area contributed by atoms with Crippen molar-refractivity contribution in [3.8, 4) is 0 Å². The van der Waals surface area contributed by atoms with Crippen LogP contribution < -0.4 is 5.73 Å². The van der Waals surface area contributed by atoms with E-state index in [2.05, 4.69) is 0 Å². The van der Waals surface area contributed by atoms with Gasteiger partial charge in [-0.3, -0.25) is 4.79 Å². The third-order valence-corrected chi connectivity index (χ3v) is 4.08. The number of carbonyl (C=O) groups excluding carboxylic acids is 1. The Morgan fingerprint density at radius 3 is 2.65 bits per heavy atom. The topological polar surface area (TPSA) is 52.3 Å². The minimum Gasteiger partial charge on any atom is -0.399 e. The number of nitrogen functional groups attached to an aromatic ring is 1. The van der Waals surface area contributed by atoms with Crippen LogP contribution in [0.1, 0.15) is 27.0 Å². The number of hydrogen-bond donors (Lipinski definition) is 1. The Bertz CT molecular complexity index is 713. The molecule has 0 saturated heterocycles. The lowest BCUT2D eigenvalue weighted by molar-refractivity contribution is 0.103. The number of anilines is 1. The van der Waals surface area contributed by atoms with Crippen molar-refractivity contribution in [2.24, 2.45) is 0 Å². The van der Waals surface area contributed by atoms with Crippen molar-refractivity contribution < 1.29 is 9.53 Å². The van der Waals surface area contributed by atoms with E-state index in [-0.39, 0.29) is 15.8 Å². The molecule has 3 rings (SSSR count). The highest BCUT2D eigenvalue weighted by atomic mass is 35.5. The van der Waals surface area contributed by atoms with E-state index in [4.69, 9.17) is 33.7 Å². The molecular formula is C15H11Cl2NO2. The van der Waals surface area contributed by atoms with E-state index in [1.165, 1.54) is 6.07 Å². The number of halogens is 2. The summed E-state index contributed by atoms with van der Waals surface area (Å²) in [6.45, 7) is 1.12. The van der Waals surface area contributed by atoms with Crippen LogP contribution in [0.4, 0.5) is 5.69 Å². The van der Waals surface area contributed by atoms with E-state index in [1.807, 2.05) is 12.1 Å². The summed E-state index contributed by atoms with van der Waals surface area (Å²) >= 11 is 12.1. The predicted octanol–water partition coefficient (Wildman–Crippen LogP) is 3.84. The van der Waals surface area contributed by atoms with Crippen molar-refractivity contribution in [2.75, 3.05) is 5.73 Å². The summed E-state index contributed by atoms with van der Waals surface area (Å²) in [6, 6.07) is 8.57. The fourth-order valence-corrected chi connectivity index (χ4v) is 2.67. The molecule has 0 radical (unpaired) electrons. The highest BCUT2D eigenvalue weighted by Gasteiger charge is 2.19. The zero-order valence-corrected chi connectivity index (χ0v) is 12.0. The van der Waals surface area contributed by atoms with Gasteiger partial charge in [0.1, 0.15) is 0 Å². The predicted molar refractivity (Wildman–Crippen MR) is 79.2 cm³/mol. The van der Waals surface area contributed by atoms with Crippen molar-refractivity contribution in [3.63, 3.8) is 0 Å². The van der Waals surface area contributed by atoms with Crippen LogP contribution in [0.2, 0.25) is 10.0 Å². The Balaban J connectivity index is 2.05. The average Bonchev–Trinajstić information content (AvgIpc) is 2.89. The van der Waals surface area contributed by atoms with Crippen LogP contribution in [0.3, 0.4) is 0 Å². The summed E-state index contributed by atoms with van der Waals surface area (Å²) in [7, 11) is 0. The van der Waals surface area contributed by atoms with Crippen LogP contribution in [0.5, 0.6) is 0 Å². The lowest BCUT2D eigenvalue weighted by Crippen LogP contribution is -2.04. The Hall–Kier alpha value is -1.55. The van der Waals surface area contributed by atoms with Gasteiger partial charge in [-0.2, -0.15) is 0 Å². The molecule has 20 heavy (non-hydrogen) atoms. The van der Waals surface area contributed by atoms with E-state index in [0.29, 0.717) is 30.0 Å². The number of rotatable bonds is 2. The van der Waals surface area contributed by atoms with Crippen LogP contribution in [0, 0.1) is 0 Å². The van der Waals surface area contributed by atoms with Gasteiger partial charge >= 0.3 is 0 Å². The van der Waals surface area contributed by atoms with Gasteiger partial charge in [-0.1, -0.05) is 35.3 Å². The molecular weight excluding hydrogens is 297 g/mol. The van der Waals surface area contributed by atoms with Gasteiger partial charge < -0.3 is 10.5 Å². The van der Waals surface area contributed by atoms with Crippen LogP contribution in [0.15, 0.2) is 30.3 Å². The van der Waals surface area contributed by atoms with Crippen LogP contribution in [-0.2, 0) is 18.0 Å². The van der Waals surface area contributed by atoms with Crippen LogP contribution >= 0.6 is 23.2 Å². The first-order valence-electron chi connectivity index (χ1n) is 6.05. The second-order valence-electron chi connectivity index (χ2n) is 4.67. The van der Waals surface area contributed by atoms with Crippen molar-refractivity contribution in [1.29, 1.82) is 0 Å². The maximum absolute atomic E-state index is 12.5. The first-order chi connectivity index (χ1) is 9.56. The summed E-state index contributed by atoms with van der Waals surface area (Å²) in [4.78, 5) is 12.5. The molecule has 0 aromatic heterocycles. The number of ketones is 1. The van der Waals surface area contributed by atoms with Crippen molar-refractivity contribution in [2.45, 2.75) is 13.2 Å². The normalized spacial score (nSPS) is 13.3. The van der Waals surface area contributed by atoms with Gasteiger partial charge in [-0.05, 0) is 29.3 Å². The van der Waals surface area contributed by atoms with E-state index < -0.39 is 0 Å². The maximum Gasteiger partial charge on any atom is 0.194 e. The Morgan fingerprint density at radius 2 is 1.85 bits per heavy atom. The highest BCUT2D eigenvalue weighted by Crippen LogP contribution is 2.31. The summed E-state index contributed by atoms with van der Waals surface area (Å²) in [5.41, 5.74) is 9.14. The second kappa shape index (κ2) is 5.09. The Kier molecular flexibility index (Phi) is 3.42. The lowest BCUT2D eigenvalue weighted by Gasteiger charge is -2.08. The van der Waals surface area contributed by atoms with Crippen molar-refractivity contribution in [3.05, 3.63) is 62.6 Å². The van der Waals surface area contributed by atoms with Gasteiger partial charge in [0.2, 0.25) is 0 Å². The van der Waals surface area contributed by atoms with Crippen LogP contribution in [-0.4, -0.2) is 5.78 Å². The fraction of sp³-hybridized carbons (Fsp3) is 0.133. The number of carbonyl (C=O) groups is 1. The lowest BCUT2D eigenvalue weighted by atomic mass is 9.99. The molecule has 102 valence electrons. The molecule has 2 aromatic rings. The summed E-state index contributed by atoms with van der Waals surface area (Å²) < 4.78 is 5.34. The number of fused-ring (bicyclic) bond motifs is 1. The molecule has 0 spiro atoms. The zero-order chi connectivity index (χ0) is 14.3. The number of hydrogen-bond acceptors (Lipinski definition) is 3. The zero-order valence-electron chi connectivity index (χ0n) is 10.5. The molecule has 0 amide bonds. The van der Waals surface area contributed by atoms with E-state index in [9.17, 15) is 4.79 Å². The second-order valence-corrected chi connectivity index (χ2v) is 5.45. The average molecular weight is 308 g/mol. The Morgan fingerprint density at radius 1 is 1.10 bits per heavy atom. The summed E-state index contributed by atoms with van der Waals surface area (Å²) in [5, 5.41) is 0.502. The summed E-state index contributed by atoms with van der Waals surface area (Å²) in [6.07, 6.45) is 0. The molecule has 3 nitrogen and oxygen atoms in total. The number of nitrogens with two attached hydrogens (primary N) is 1. The minimum atomic E-state index is -0.195. The molecule has 1 aliphatic heterocycles. The summed E-state index contributed by atoms with van der Waals surface area (Å²) in [5.74, 6) is -0.195. The fourth-order valence-electron chi connectivity index (χ4n) is 2.24. The first-order valence-corrected chi connectivity index (χ1v) is 6.80. The van der Waals surface area contributed by atoms with Crippen molar-refractivity contribution >= 4 is 34.7 Å². The van der Waals surface area contributed by atoms with Crippen LogP contribution in [0.25, 0.3) is 0 Å². The molecule has 1 aliphatic rings. The molecule has 0 atom stereocenters. The van der Waals surface area contributed by atoms with Gasteiger partial charge in [0.05, 0.1) is 23.3 Å². The SMILES string of the molecule is Nc1cc(Cl)c(Cl)c(C(=O)c2ccc3c(c2)COC3)c1. The first kappa shape index (κ1) is 13.4. The van der Waals surface area contributed by atoms with Gasteiger partial charge in [-0.15, -0.1) is 0 Å². The van der Waals surface area contributed by atoms with Gasteiger partial charge in [0.15, 0.2) is 5.78 Å². The largest absolute Gasteiger partial charge is 0.399 e.